The van der Waals surface area contributed by atoms with Crippen LogP contribution in [0.25, 0.3) is 0 Å². The lowest BCUT2D eigenvalue weighted by atomic mass is 9.98. The third-order valence-corrected chi connectivity index (χ3v) is 4.77. The largest absolute Gasteiger partial charge is 0.493 e. The van der Waals surface area contributed by atoms with E-state index in [4.69, 9.17) is 0 Å². The van der Waals surface area contributed by atoms with Crippen molar-refractivity contribution in [1.29, 1.82) is 0 Å². The van der Waals surface area contributed by atoms with Crippen LogP contribution in [0.3, 0.4) is 0 Å². The molecule has 1 atom stereocenters. The van der Waals surface area contributed by atoms with Crippen LogP contribution in [-0.4, -0.2) is 57.2 Å². The van der Waals surface area contributed by atoms with Crippen molar-refractivity contribution in [2.24, 2.45) is 0 Å². The van der Waals surface area contributed by atoms with Crippen molar-refractivity contribution in [1.82, 2.24) is 20.6 Å². The van der Waals surface area contributed by atoms with E-state index in [1.165, 1.54) is 0 Å². The number of esters is 1. The lowest BCUT2D eigenvalue weighted by Crippen LogP contribution is -2.38. The molecule has 10 nitrogen and oxygen atoms in total. The Morgan fingerprint density at radius 2 is 1.56 bits per heavy atom. The van der Waals surface area contributed by atoms with E-state index < -0.39 is 48.2 Å². The minimum atomic E-state index is -1.56. The molecule has 0 saturated heterocycles. The second-order valence-corrected chi connectivity index (χ2v) is 7.14. The number of carbonyl (C=O) groups is 3. The lowest BCUT2D eigenvalue weighted by Gasteiger charge is -2.20. The second kappa shape index (κ2) is 11.5. The molecule has 34 heavy (non-hydrogen) atoms. The van der Waals surface area contributed by atoms with E-state index in [1.807, 2.05) is 60.7 Å². The summed E-state index contributed by atoms with van der Waals surface area (Å²) in [6, 6.07) is 18.1. The highest BCUT2D eigenvalue weighted by Crippen LogP contribution is 2.23. The Morgan fingerprint density at radius 3 is 2.09 bits per heavy atom. The average molecular weight is 464 g/mol. The van der Waals surface area contributed by atoms with Gasteiger partial charge in [-0.15, -0.1) is 0 Å². The number of nitrogens with one attached hydrogen (secondary N) is 2. The zero-order chi connectivity index (χ0) is 24.5. The maximum atomic E-state index is 12.9. The fourth-order valence-electron chi connectivity index (χ4n) is 3.09. The van der Waals surface area contributed by atoms with E-state index in [0.717, 1.165) is 17.3 Å². The van der Waals surface area contributed by atoms with Gasteiger partial charge >= 0.3 is 5.97 Å². The van der Waals surface area contributed by atoms with Crippen molar-refractivity contribution < 1.29 is 29.3 Å². The molecule has 0 aliphatic rings. The Bertz CT molecular complexity index is 1100. The number of hydrogen-bond donors (Lipinski definition) is 4. The van der Waals surface area contributed by atoms with Gasteiger partial charge in [-0.1, -0.05) is 60.7 Å². The number of aromatic hydroxyl groups is 1. The van der Waals surface area contributed by atoms with Crippen LogP contribution in [0, 0.1) is 0 Å². The Labute approximate surface area is 195 Å². The summed E-state index contributed by atoms with van der Waals surface area (Å²) in [5.74, 6) is -3.50. The quantitative estimate of drug-likeness (QED) is 0.347. The predicted molar refractivity (Wildman–Crippen MR) is 121 cm³/mol. The van der Waals surface area contributed by atoms with Crippen molar-refractivity contribution in [2.75, 3.05) is 13.2 Å². The Morgan fingerprint density at radius 1 is 0.971 bits per heavy atom. The lowest BCUT2D eigenvalue weighted by molar-refractivity contribution is -0.152. The van der Waals surface area contributed by atoms with Crippen molar-refractivity contribution >= 4 is 17.8 Å². The molecule has 10 heteroatoms. The second-order valence-electron chi connectivity index (χ2n) is 7.14. The summed E-state index contributed by atoms with van der Waals surface area (Å²) in [5, 5.41) is 25.1. The van der Waals surface area contributed by atoms with Gasteiger partial charge in [-0.25, -0.2) is 9.78 Å². The van der Waals surface area contributed by atoms with E-state index >= 15 is 0 Å². The highest BCUT2D eigenvalue weighted by Gasteiger charge is 2.23. The molecule has 4 N–H and O–H groups in total. The molecule has 1 aromatic heterocycles. The molecule has 2 amide bonds. The van der Waals surface area contributed by atoms with Crippen LogP contribution < -0.4 is 10.6 Å². The van der Waals surface area contributed by atoms with E-state index in [1.54, 1.807) is 6.92 Å². The molecule has 176 valence electrons. The molecular formula is C24H24N4O6. The zero-order valence-electron chi connectivity index (χ0n) is 18.3. The third-order valence-electron chi connectivity index (χ3n) is 4.77. The van der Waals surface area contributed by atoms with E-state index in [2.05, 4.69) is 25.3 Å². The summed E-state index contributed by atoms with van der Waals surface area (Å²) in [6.45, 7) is 1.24. The van der Waals surface area contributed by atoms with Crippen LogP contribution in [0.15, 0.2) is 66.9 Å². The van der Waals surface area contributed by atoms with Crippen LogP contribution in [-0.2, 0) is 9.53 Å². The molecular weight excluding hydrogens is 440 g/mol. The number of amides is 2. The van der Waals surface area contributed by atoms with Crippen molar-refractivity contribution in [3.8, 4) is 5.88 Å². The summed E-state index contributed by atoms with van der Waals surface area (Å²) < 4.78 is 4.64. The molecule has 0 unspecified atom stereocenters. The Balaban J connectivity index is 1.72. The van der Waals surface area contributed by atoms with Gasteiger partial charge in [0.05, 0.1) is 19.2 Å². The minimum absolute atomic E-state index is 0.0831. The van der Waals surface area contributed by atoms with Crippen LogP contribution in [0.2, 0.25) is 0 Å². The normalized spacial score (nSPS) is 11.5. The topological polar surface area (TPSA) is 151 Å². The summed E-state index contributed by atoms with van der Waals surface area (Å²) in [5.41, 5.74) is 1.44. The standard InChI is InChI=1S/C24H24N4O6/c1-2-34-24(33)18(29)14-26-23(32)20-25-13-17(22(31)28-20)21(30)27-19(15-9-5-3-6-10-15)16-11-7-4-8-12-16/h3-13,18-19,29H,2,14H2,1H3,(H,26,32)(H,27,30)(H,25,28,31)/t18-/m1/s1. The number of ether oxygens (including phenoxy) is 1. The smallest absolute Gasteiger partial charge is 0.336 e. The fourth-order valence-corrected chi connectivity index (χ4v) is 3.09. The number of aromatic nitrogens is 2. The number of hydrogen-bond acceptors (Lipinski definition) is 8. The highest BCUT2D eigenvalue weighted by atomic mass is 16.5. The number of aliphatic hydroxyl groups is 1. The molecule has 0 spiro atoms. The van der Waals surface area contributed by atoms with Gasteiger partial charge in [0.15, 0.2) is 6.10 Å². The van der Waals surface area contributed by atoms with Crippen molar-refractivity contribution in [3.05, 3.63) is 89.4 Å². The number of benzene rings is 2. The van der Waals surface area contributed by atoms with Gasteiger partial charge in [0.2, 0.25) is 11.7 Å². The SMILES string of the molecule is CCOC(=O)[C@H](O)CNC(=O)c1ncc(C(=O)NC(c2ccccc2)c2ccccc2)c(O)n1. The first-order valence-corrected chi connectivity index (χ1v) is 10.5. The molecule has 0 saturated carbocycles. The summed E-state index contributed by atoms with van der Waals surface area (Å²) >= 11 is 0. The van der Waals surface area contributed by atoms with Gasteiger partial charge in [0.1, 0.15) is 5.56 Å². The monoisotopic (exact) mass is 464 g/mol. The fraction of sp³-hybridized carbons (Fsp3) is 0.208. The first-order chi connectivity index (χ1) is 16.4. The van der Waals surface area contributed by atoms with Gasteiger partial charge in [-0.05, 0) is 18.1 Å². The third kappa shape index (κ3) is 6.14. The molecule has 0 radical (unpaired) electrons. The number of nitrogens with zero attached hydrogens (tertiary/aromatic N) is 2. The maximum Gasteiger partial charge on any atom is 0.336 e. The molecule has 2 aromatic carbocycles. The molecule has 0 aliphatic carbocycles. The summed E-state index contributed by atoms with van der Waals surface area (Å²) in [4.78, 5) is 44.0. The molecule has 0 fully saturated rings. The van der Waals surface area contributed by atoms with Gasteiger partial charge in [-0.2, -0.15) is 4.98 Å². The average Bonchev–Trinajstić information content (AvgIpc) is 2.86. The Kier molecular flexibility index (Phi) is 8.25. The van der Waals surface area contributed by atoms with Crippen LogP contribution >= 0.6 is 0 Å². The van der Waals surface area contributed by atoms with Gasteiger partial charge in [0.25, 0.3) is 11.8 Å². The first-order valence-electron chi connectivity index (χ1n) is 10.5. The van der Waals surface area contributed by atoms with Gasteiger partial charge in [0, 0.05) is 6.20 Å². The molecule has 1 heterocycles. The highest BCUT2D eigenvalue weighted by molar-refractivity contribution is 5.97. The summed E-state index contributed by atoms with van der Waals surface area (Å²) in [7, 11) is 0. The van der Waals surface area contributed by atoms with Crippen LogP contribution in [0.5, 0.6) is 5.88 Å². The van der Waals surface area contributed by atoms with E-state index in [-0.39, 0.29) is 12.2 Å². The summed E-state index contributed by atoms with van der Waals surface area (Å²) in [6.07, 6.45) is -0.531. The van der Waals surface area contributed by atoms with E-state index in [0.29, 0.717) is 0 Å². The molecule has 3 rings (SSSR count). The van der Waals surface area contributed by atoms with E-state index in [9.17, 15) is 24.6 Å². The van der Waals surface area contributed by atoms with Gasteiger partial charge < -0.3 is 25.6 Å². The minimum Gasteiger partial charge on any atom is -0.493 e. The number of rotatable bonds is 9. The molecule has 3 aromatic rings. The maximum absolute atomic E-state index is 12.9. The van der Waals surface area contributed by atoms with Crippen molar-refractivity contribution in [2.45, 2.75) is 19.1 Å². The van der Waals surface area contributed by atoms with Crippen LogP contribution in [0.4, 0.5) is 0 Å². The molecule has 0 aliphatic heterocycles. The number of aliphatic hydroxyl groups excluding tert-OH is 1. The molecule has 0 bridgehead atoms. The first kappa shape index (κ1) is 24.3. The van der Waals surface area contributed by atoms with Crippen LogP contribution in [0.1, 0.15) is 45.1 Å². The van der Waals surface area contributed by atoms with Crippen molar-refractivity contribution in [3.63, 3.8) is 0 Å². The Hall–Kier alpha value is -4.31. The number of carbonyl (C=O) groups excluding carboxylic acids is 3. The predicted octanol–water partition coefficient (Wildman–Crippen LogP) is 1.36. The van der Waals surface area contributed by atoms with Gasteiger partial charge in [-0.3, -0.25) is 9.59 Å². The zero-order valence-corrected chi connectivity index (χ0v) is 18.3.